The van der Waals surface area contributed by atoms with E-state index in [1.165, 1.54) is 0 Å². The van der Waals surface area contributed by atoms with E-state index in [1.807, 2.05) is 13.0 Å². The van der Waals surface area contributed by atoms with E-state index in [9.17, 15) is 9.59 Å². The van der Waals surface area contributed by atoms with Gasteiger partial charge in [0.1, 0.15) is 0 Å². The van der Waals surface area contributed by atoms with Gasteiger partial charge in [-0.25, -0.2) is 0 Å². The number of carboxylic acid groups (broad SMARTS) is 1. The summed E-state index contributed by atoms with van der Waals surface area (Å²) in [4.78, 5) is 22.9. The number of hydrogen-bond acceptors (Lipinski definition) is 2. The maximum atomic E-state index is 12.1. The Morgan fingerprint density at radius 1 is 1.37 bits per heavy atom. The van der Waals surface area contributed by atoms with Gasteiger partial charge in [-0.1, -0.05) is 22.0 Å². The van der Waals surface area contributed by atoms with Gasteiger partial charge < -0.3 is 10.4 Å². The van der Waals surface area contributed by atoms with E-state index >= 15 is 0 Å². The minimum atomic E-state index is -0.769. The Bertz CT molecular complexity index is 515. The van der Waals surface area contributed by atoms with Gasteiger partial charge in [-0.15, -0.1) is 0 Å². The molecule has 102 valence electrons. The molecule has 2 rings (SSSR count). The maximum Gasteiger partial charge on any atom is 0.306 e. The molecule has 1 amide bonds. The van der Waals surface area contributed by atoms with Crippen molar-refractivity contribution < 1.29 is 14.7 Å². The first-order valence-electron chi connectivity index (χ1n) is 6.27. The summed E-state index contributed by atoms with van der Waals surface area (Å²) in [6.07, 6.45) is 1.89. The van der Waals surface area contributed by atoms with Crippen LogP contribution in [0.15, 0.2) is 22.7 Å². The van der Waals surface area contributed by atoms with Crippen LogP contribution in [0.3, 0.4) is 0 Å². The first kappa shape index (κ1) is 14.1. The molecule has 2 N–H and O–H groups in total. The zero-order chi connectivity index (χ0) is 14.0. The molecule has 5 heteroatoms. The molecule has 0 bridgehead atoms. The molecule has 1 fully saturated rings. The largest absolute Gasteiger partial charge is 0.481 e. The lowest BCUT2D eigenvalue weighted by molar-refractivity contribution is -0.141. The smallest absolute Gasteiger partial charge is 0.306 e. The van der Waals surface area contributed by atoms with Crippen molar-refractivity contribution in [3.05, 3.63) is 33.8 Å². The average molecular weight is 326 g/mol. The number of amides is 1. The van der Waals surface area contributed by atoms with Gasteiger partial charge in [-0.2, -0.15) is 0 Å². The van der Waals surface area contributed by atoms with Gasteiger partial charge in [-0.05, 0) is 43.9 Å². The number of aliphatic carboxylic acids is 1. The first-order valence-corrected chi connectivity index (χ1v) is 7.06. The standard InChI is InChI=1S/C14H16BrNO3/c1-8-2-3-9(7-12(8)15)13(17)16-11-5-4-10(6-11)14(18)19/h2-3,7,10-11H,4-6H2,1H3,(H,16,17)(H,18,19)/t10-,11+/m1/s1. The van der Waals surface area contributed by atoms with Gasteiger partial charge in [-0.3, -0.25) is 9.59 Å². The fraction of sp³-hybridized carbons (Fsp3) is 0.429. The zero-order valence-electron chi connectivity index (χ0n) is 10.6. The number of halogens is 1. The number of hydrogen-bond donors (Lipinski definition) is 2. The molecule has 19 heavy (non-hydrogen) atoms. The zero-order valence-corrected chi connectivity index (χ0v) is 12.2. The van der Waals surface area contributed by atoms with Crippen molar-refractivity contribution in [1.82, 2.24) is 5.32 Å². The Morgan fingerprint density at radius 3 is 2.68 bits per heavy atom. The number of carbonyl (C=O) groups is 2. The highest BCUT2D eigenvalue weighted by molar-refractivity contribution is 9.10. The second-order valence-corrected chi connectivity index (χ2v) is 5.84. The highest BCUT2D eigenvalue weighted by Gasteiger charge is 2.30. The molecule has 0 spiro atoms. The molecule has 0 radical (unpaired) electrons. The molecule has 0 heterocycles. The summed E-state index contributed by atoms with van der Waals surface area (Å²) < 4.78 is 0.898. The van der Waals surface area contributed by atoms with Crippen molar-refractivity contribution in [2.24, 2.45) is 5.92 Å². The summed E-state index contributed by atoms with van der Waals surface area (Å²) in [6, 6.07) is 5.41. The van der Waals surface area contributed by atoms with E-state index < -0.39 is 5.97 Å². The quantitative estimate of drug-likeness (QED) is 0.897. The summed E-state index contributed by atoms with van der Waals surface area (Å²) >= 11 is 3.40. The Morgan fingerprint density at radius 2 is 2.11 bits per heavy atom. The fourth-order valence-corrected chi connectivity index (χ4v) is 2.72. The average Bonchev–Trinajstić information content (AvgIpc) is 2.81. The Labute approximate surface area is 120 Å². The van der Waals surface area contributed by atoms with Crippen molar-refractivity contribution in [3.8, 4) is 0 Å². The third-order valence-electron chi connectivity index (χ3n) is 3.55. The highest BCUT2D eigenvalue weighted by atomic mass is 79.9. The summed E-state index contributed by atoms with van der Waals surface area (Å²) in [7, 11) is 0. The molecule has 0 saturated heterocycles. The van der Waals surface area contributed by atoms with Crippen LogP contribution in [-0.4, -0.2) is 23.0 Å². The minimum Gasteiger partial charge on any atom is -0.481 e. The summed E-state index contributed by atoms with van der Waals surface area (Å²) in [5, 5.41) is 11.8. The molecular weight excluding hydrogens is 310 g/mol. The maximum absolute atomic E-state index is 12.1. The molecular formula is C14H16BrNO3. The van der Waals surface area contributed by atoms with E-state index in [2.05, 4.69) is 21.2 Å². The minimum absolute atomic E-state index is 0.0336. The number of rotatable bonds is 3. The van der Waals surface area contributed by atoms with Crippen molar-refractivity contribution in [1.29, 1.82) is 0 Å². The second-order valence-electron chi connectivity index (χ2n) is 4.98. The highest BCUT2D eigenvalue weighted by Crippen LogP contribution is 2.26. The van der Waals surface area contributed by atoms with Crippen LogP contribution in [-0.2, 0) is 4.79 Å². The predicted molar refractivity (Wildman–Crippen MR) is 75.1 cm³/mol. The van der Waals surface area contributed by atoms with Crippen molar-refractivity contribution in [2.75, 3.05) is 0 Å². The summed E-state index contributed by atoms with van der Waals surface area (Å²) in [5.74, 6) is -1.23. The molecule has 1 aromatic rings. The first-order chi connectivity index (χ1) is 8.97. The van der Waals surface area contributed by atoms with Crippen LogP contribution in [0.5, 0.6) is 0 Å². The second kappa shape index (κ2) is 5.74. The third kappa shape index (κ3) is 3.35. The lowest BCUT2D eigenvalue weighted by atomic mass is 10.1. The molecule has 0 aliphatic heterocycles. The third-order valence-corrected chi connectivity index (χ3v) is 4.41. The van der Waals surface area contributed by atoms with Crippen LogP contribution in [0.25, 0.3) is 0 Å². The summed E-state index contributed by atoms with van der Waals surface area (Å²) in [5.41, 5.74) is 1.67. The molecule has 1 aliphatic carbocycles. The molecule has 0 aromatic heterocycles. The van der Waals surface area contributed by atoms with E-state index in [4.69, 9.17) is 5.11 Å². The van der Waals surface area contributed by atoms with Crippen molar-refractivity contribution in [2.45, 2.75) is 32.2 Å². The lowest BCUT2D eigenvalue weighted by Crippen LogP contribution is -2.33. The number of carboxylic acids is 1. The van der Waals surface area contributed by atoms with Gasteiger partial charge in [0.25, 0.3) is 5.91 Å². The molecule has 1 aromatic carbocycles. The van der Waals surface area contributed by atoms with E-state index in [0.29, 0.717) is 18.4 Å². The molecule has 1 saturated carbocycles. The van der Waals surface area contributed by atoms with Gasteiger partial charge >= 0.3 is 5.97 Å². The van der Waals surface area contributed by atoms with Crippen LogP contribution in [0, 0.1) is 12.8 Å². The lowest BCUT2D eigenvalue weighted by Gasteiger charge is -2.13. The van der Waals surface area contributed by atoms with Crippen LogP contribution in [0.1, 0.15) is 35.2 Å². The van der Waals surface area contributed by atoms with Gasteiger partial charge in [0.15, 0.2) is 0 Å². The SMILES string of the molecule is Cc1ccc(C(=O)N[C@H]2CC[C@@H](C(=O)O)C2)cc1Br. The van der Waals surface area contributed by atoms with E-state index in [1.54, 1.807) is 12.1 Å². The predicted octanol–water partition coefficient (Wildman–Crippen LogP) is 2.74. The van der Waals surface area contributed by atoms with E-state index in [-0.39, 0.29) is 17.9 Å². The number of aryl methyl sites for hydroxylation is 1. The van der Waals surface area contributed by atoms with Gasteiger partial charge in [0.2, 0.25) is 0 Å². The number of carbonyl (C=O) groups excluding carboxylic acids is 1. The van der Waals surface area contributed by atoms with Crippen LogP contribution in [0.4, 0.5) is 0 Å². The fourth-order valence-electron chi connectivity index (χ4n) is 2.34. The number of nitrogens with one attached hydrogen (secondary N) is 1. The Hall–Kier alpha value is -1.36. The number of benzene rings is 1. The van der Waals surface area contributed by atoms with Crippen molar-refractivity contribution >= 4 is 27.8 Å². The molecule has 4 nitrogen and oxygen atoms in total. The van der Waals surface area contributed by atoms with Crippen LogP contribution < -0.4 is 5.32 Å². The van der Waals surface area contributed by atoms with Gasteiger partial charge in [0, 0.05) is 16.1 Å². The Kier molecular flexibility index (Phi) is 4.24. The van der Waals surface area contributed by atoms with Crippen LogP contribution >= 0.6 is 15.9 Å². The van der Waals surface area contributed by atoms with Crippen molar-refractivity contribution in [3.63, 3.8) is 0 Å². The van der Waals surface area contributed by atoms with Crippen LogP contribution in [0.2, 0.25) is 0 Å². The molecule has 1 aliphatic rings. The monoisotopic (exact) mass is 325 g/mol. The topological polar surface area (TPSA) is 66.4 Å². The normalized spacial score (nSPS) is 22.2. The summed E-state index contributed by atoms with van der Waals surface area (Å²) in [6.45, 7) is 1.96. The molecule has 2 atom stereocenters. The van der Waals surface area contributed by atoms with Gasteiger partial charge in [0.05, 0.1) is 5.92 Å². The van der Waals surface area contributed by atoms with E-state index in [0.717, 1.165) is 16.5 Å². The molecule has 0 unspecified atom stereocenters. The Balaban J connectivity index is 1.98.